The number of nitro groups is 1. The molecule has 0 fully saturated rings. The van der Waals surface area contributed by atoms with Gasteiger partial charge in [0.1, 0.15) is 10.6 Å². The molecule has 0 amide bonds. The Balaban J connectivity index is 2.15. The average Bonchev–Trinajstić information content (AvgIpc) is 2.71. The van der Waals surface area contributed by atoms with Gasteiger partial charge in [0.15, 0.2) is 0 Å². The zero-order valence-electron chi connectivity index (χ0n) is 16.4. The van der Waals surface area contributed by atoms with Gasteiger partial charge in [-0.1, -0.05) is 24.3 Å². The van der Waals surface area contributed by atoms with E-state index >= 15 is 0 Å². The molecular formula is C20H18N2O7S2. The number of phenolic OH excluding ortho intramolecular Hbond substituents is 1. The van der Waals surface area contributed by atoms with Crippen LogP contribution in [-0.2, 0) is 19.9 Å². The SMILES string of the molecule is Cc1cc(O)c(S(=O)(=O)c2ccccc2)c(C)c1NS(=O)(=O)c1cccc([N+](=O)[O-])c1. The lowest BCUT2D eigenvalue weighted by molar-refractivity contribution is -0.385. The van der Waals surface area contributed by atoms with Gasteiger partial charge in [-0.25, -0.2) is 16.8 Å². The summed E-state index contributed by atoms with van der Waals surface area (Å²) in [6.07, 6.45) is 0. The fraction of sp³-hybridized carbons (Fsp3) is 0.100. The molecule has 3 aromatic rings. The largest absolute Gasteiger partial charge is 0.507 e. The second-order valence-corrected chi connectivity index (χ2v) is 10.3. The zero-order chi connectivity index (χ0) is 23.0. The second-order valence-electron chi connectivity index (χ2n) is 6.72. The number of aryl methyl sites for hydroxylation is 1. The number of hydrogen-bond donors (Lipinski definition) is 2. The van der Waals surface area contributed by atoms with Crippen molar-refractivity contribution in [1.29, 1.82) is 0 Å². The molecule has 11 heteroatoms. The highest BCUT2D eigenvalue weighted by molar-refractivity contribution is 7.93. The first-order valence-electron chi connectivity index (χ1n) is 8.85. The molecule has 3 aromatic carbocycles. The van der Waals surface area contributed by atoms with Gasteiger partial charge in [-0.15, -0.1) is 0 Å². The van der Waals surface area contributed by atoms with E-state index in [0.717, 1.165) is 18.2 Å². The molecule has 0 aliphatic carbocycles. The number of phenols is 1. The van der Waals surface area contributed by atoms with Crippen molar-refractivity contribution in [2.45, 2.75) is 28.5 Å². The van der Waals surface area contributed by atoms with E-state index in [1.807, 2.05) is 0 Å². The fourth-order valence-corrected chi connectivity index (χ4v) is 5.94. The Bertz CT molecular complexity index is 1380. The summed E-state index contributed by atoms with van der Waals surface area (Å²) in [6, 6.07) is 13.0. The van der Waals surface area contributed by atoms with Gasteiger partial charge < -0.3 is 5.11 Å². The third-order valence-electron chi connectivity index (χ3n) is 4.59. The van der Waals surface area contributed by atoms with Crippen molar-refractivity contribution in [3.63, 3.8) is 0 Å². The van der Waals surface area contributed by atoms with Crippen LogP contribution in [0.15, 0.2) is 75.4 Å². The molecule has 0 unspecified atom stereocenters. The lowest BCUT2D eigenvalue weighted by atomic mass is 10.1. The average molecular weight is 463 g/mol. The topological polar surface area (TPSA) is 144 Å². The predicted octanol–water partition coefficient (Wildman–Crippen LogP) is 3.55. The maximum Gasteiger partial charge on any atom is 0.270 e. The molecule has 0 spiro atoms. The van der Waals surface area contributed by atoms with E-state index in [4.69, 9.17) is 0 Å². The minimum Gasteiger partial charge on any atom is -0.507 e. The van der Waals surface area contributed by atoms with Crippen molar-refractivity contribution in [1.82, 2.24) is 0 Å². The molecule has 0 saturated carbocycles. The van der Waals surface area contributed by atoms with Crippen molar-refractivity contribution < 1.29 is 26.9 Å². The molecule has 3 rings (SSSR count). The van der Waals surface area contributed by atoms with Crippen LogP contribution in [0.5, 0.6) is 5.75 Å². The molecule has 0 saturated heterocycles. The summed E-state index contributed by atoms with van der Waals surface area (Å²) in [5, 5.41) is 21.3. The molecule has 0 radical (unpaired) electrons. The van der Waals surface area contributed by atoms with Gasteiger partial charge in [0, 0.05) is 12.1 Å². The molecular weight excluding hydrogens is 444 g/mol. The van der Waals surface area contributed by atoms with Gasteiger partial charge in [0.05, 0.1) is 20.4 Å². The lowest BCUT2D eigenvalue weighted by Gasteiger charge is -2.18. The van der Waals surface area contributed by atoms with Gasteiger partial charge >= 0.3 is 0 Å². The highest BCUT2D eigenvalue weighted by Gasteiger charge is 2.28. The Labute approximate surface area is 179 Å². The molecule has 0 aliphatic heterocycles. The number of nitrogens with zero attached hydrogens (tertiary/aromatic N) is 1. The first-order chi connectivity index (χ1) is 14.4. The summed E-state index contributed by atoms with van der Waals surface area (Å²) in [7, 11) is -8.44. The predicted molar refractivity (Wildman–Crippen MR) is 113 cm³/mol. The van der Waals surface area contributed by atoms with Crippen molar-refractivity contribution >= 4 is 31.2 Å². The third kappa shape index (κ3) is 4.23. The van der Waals surface area contributed by atoms with Crippen LogP contribution in [0.25, 0.3) is 0 Å². The van der Waals surface area contributed by atoms with E-state index in [2.05, 4.69) is 4.72 Å². The van der Waals surface area contributed by atoms with Crippen LogP contribution < -0.4 is 4.72 Å². The molecule has 0 bridgehead atoms. The summed E-state index contributed by atoms with van der Waals surface area (Å²) in [5.74, 6) is -0.517. The number of benzene rings is 3. The van der Waals surface area contributed by atoms with Gasteiger partial charge in [-0.3, -0.25) is 14.8 Å². The maximum absolute atomic E-state index is 13.1. The van der Waals surface area contributed by atoms with Crippen molar-refractivity contribution in [3.05, 3.63) is 81.9 Å². The summed E-state index contributed by atoms with van der Waals surface area (Å²) < 4.78 is 54.2. The molecule has 0 atom stereocenters. The minimum absolute atomic E-state index is 0.00430. The number of rotatable bonds is 6. The number of nitro benzene ring substituents is 1. The van der Waals surface area contributed by atoms with Gasteiger partial charge in [-0.05, 0) is 49.2 Å². The minimum atomic E-state index is -4.28. The number of nitrogens with one attached hydrogen (secondary N) is 1. The number of aromatic hydroxyl groups is 1. The molecule has 0 aromatic heterocycles. The molecule has 2 N–H and O–H groups in total. The number of hydrogen-bond acceptors (Lipinski definition) is 7. The molecule has 0 aliphatic rings. The van der Waals surface area contributed by atoms with Gasteiger partial charge in [0.25, 0.3) is 15.7 Å². The zero-order valence-corrected chi connectivity index (χ0v) is 18.1. The number of sulfonamides is 1. The molecule has 162 valence electrons. The fourth-order valence-electron chi connectivity index (χ4n) is 3.12. The number of anilines is 1. The van der Waals surface area contributed by atoms with Crippen molar-refractivity contribution in [2.75, 3.05) is 4.72 Å². The Morgan fingerprint density at radius 3 is 2.13 bits per heavy atom. The third-order valence-corrected chi connectivity index (χ3v) is 7.89. The second kappa shape index (κ2) is 8.00. The van der Waals surface area contributed by atoms with Crippen LogP contribution in [0.2, 0.25) is 0 Å². The Morgan fingerprint density at radius 2 is 1.52 bits per heavy atom. The van der Waals surface area contributed by atoms with Crippen LogP contribution >= 0.6 is 0 Å². The first kappa shape index (κ1) is 22.2. The standard InChI is InChI=1S/C20H18N2O7S2/c1-13-11-18(23)20(30(26,27)16-8-4-3-5-9-16)14(2)19(13)21-31(28,29)17-10-6-7-15(12-17)22(24)25/h3-12,21,23H,1-2H3. The number of non-ortho nitro benzene ring substituents is 1. The van der Waals surface area contributed by atoms with E-state index in [1.165, 1.54) is 50.2 Å². The Kier molecular flexibility index (Phi) is 5.74. The van der Waals surface area contributed by atoms with E-state index in [0.29, 0.717) is 0 Å². The Hall–Kier alpha value is -3.44. The summed E-state index contributed by atoms with van der Waals surface area (Å²) in [5.41, 5.74) is -0.181. The first-order valence-corrected chi connectivity index (χ1v) is 11.8. The highest BCUT2D eigenvalue weighted by atomic mass is 32.2. The molecule has 9 nitrogen and oxygen atoms in total. The van der Waals surface area contributed by atoms with Crippen molar-refractivity contribution in [2.24, 2.45) is 0 Å². The normalized spacial score (nSPS) is 11.8. The molecule has 0 heterocycles. The van der Waals surface area contributed by atoms with Crippen LogP contribution in [0.4, 0.5) is 11.4 Å². The van der Waals surface area contributed by atoms with E-state index in [9.17, 15) is 32.1 Å². The quantitative estimate of drug-likeness (QED) is 0.324. The molecule has 31 heavy (non-hydrogen) atoms. The van der Waals surface area contributed by atoms with E-state index in [1.54, 1.807) is 6.07 Å². The summed E-state index contributed by atoms with van der Waals surface area (Å²) >= 11 is 0. The summed E-state index contributed by atoms with van der Waals surface area (Å²) in [6.45, 7) is 2.87. The van der Waals surface area contributed by atoms with Crippen molar-refractivity contribution in [3.8, 4) is 5.75 Å². The highest BCUT2D eigenvalue weighted by Crippen LogP contribution is 2.38. The van der Waals surface area contributed by atoms with Gasteiger partial charge in [0.2, 0.25) is 9.84 Å². The lowest BCUT2D eigenvalue weighted by Crippen LogP contribution is -2.16. The van der Waals surface area contributed by atoms with Gasteiger partial charge in [-0.2, -0.15) is 0 Å². The van der Waals surface area contributed by atoms with Crippen LogP contribution in [0, 0.1) is 24.0 Å². The van der Waals surface area contributed by atoms with E-state index < -0.39 is 41.1 Å². The monoisotopic (exact) mass is 462 g/mol. The summed E-state index contributed by atoms with van der Waals surface area (Å²) in [4.78, 5) is 9.39. The van der Waals surface area contributed by atoms with Crippen LogP contribution in [0.1, 0.15) is 11.1 Å². The van der Waals surface area contributed by atoms with E-state index in [-0.39, 0.29) is 26.6 Å². The Morgan fingerprint density at radius 1 is 0.903 bits per heavy atom. The number of sulfone groups is 1. The van der Waals surface area contributed by atoms with Crippen LogP contribution in [-0.4, -0.2) is 26.9 Å². The maximum atomic E-state index is 13.1. The smallest absolute Gasteiger partial charge is 0.270 e. The van der Waals surface area contributed by atoms with Crippen LogP contribution in [0.3, 0.4) is 0 Å².